The molecule has 2 nitrogen and oxygen atoms in total. The van der Waals surface area contributed by atoms with E-state index >= 15 is 0 Å². The van der Waals surface area contributed by atoms with Crippen LogP contribution < -0.4 is 5.32 Å². The molecule has 2 aromatic carbocycles. The summed E-state index contributed by atoms with van der Waals surface area (Å²) in [5.41, 5.74) is 4.71. The molecule has 0 fully saturated rings. The number of benzene rings is 2. The topological polar surface area (TPSA) is 24.4 Å². The summed E-state index contributed by atoms with van der Waals surface area (Å²) in [6.07, 6.45) is 1.87. The molecule has 3 rings (SSSR count). The standard InChI is InChI=1S/C18H17BrCl2N2/c1-11(22-10-12-5-15(20)9-16(21)6-12)4-17-8-13-7-14(19)2-3-18(13)23-17/h2-3,5-7,9,11,22H,4,8,10H2,1H3. The van der Waals surface area contributed by atoms with Gasteiger partial charge in [-0.1, -0.05) is 39.1 Å². The molecule has 2 aromatic rings. The maximum Gasteiger partial charge on any atom is 0.0665 e. The van der Waals surface area contributed by atoms with Crippen LogP contribution in [0.1, 0.15) is 24.5 Å². The highest BCUT2D eigenvalue weighted by molar-refractivity contribution is 9.10. The summed E-state index contributed by atoms with van der Waals surface area (Å²) >= 11 is 15.6. The van der Waals surface area contributed by atoms with Crippen LogP contribution in [0, 0.1) is 0 Å². The molecule has 0 spiro atoms. The van der Waals surface area contributed by atoms with E-state index < -0.39 is 0 Å². The summed E-state index contributed by atoms with van der Waals surface area (Å²) in [5.74, 6) is 0. The molecule has 1 atom stereocenters. The molecule has 23 heavy (non-hydrogen) atoms. The zero-order chi connectivity index (χ0) is 16.4. The van der Waals surface area contributed by atoms with Crippen LogP contribution in [0.2, 0.25) is 10.0 Å². The normalized spacial score (nSPS) is 14.5. The first-order chi connectivity index (χ1) is 11.0. The van der Waals surface area contributed by atoms with Crippen LogP contribution in [-0.2, 0) is 13.0 Å². The third kappa shape index (κ3) is 4.57. The second kappa shape index (κ2) is 7.35. The van der Waals surface area contributed by atoms with Crippen LogP contribution >= 0.6 is 39.1 Å². The van der Waals surface area contributed by atoms with Crippen molar-refractivity contribution in [1.29, 1.82) is 0 Å². The Morgan fingerprint density at radius 1 is 1.17 bits per heavy atom. The largest absolute Gasteiger partial charge is 0.310 e. The fourth-order valence-electron chi connectivity index (χ4n) is 2.78. The van der Waals surface area contributed by atoms with E-state index in [1.54, 1.807) is 6.07 Å². The Labute approximate surface area is 155 Å². The van der Waals surface area contributed by atoms with Gasteiger partial charge >= 0.3 is 0 Å². The van der Waals surface area contributed by atoms with Crippen molar-refractivity contribution in [2.45, 2.75) is 32.4 Å². The maximum absolute atomic E-state index is 6.03. The molecule has 0 bridgehead atoms. The van der Waals surface area contributed by atoms with Crippen LogP contribution in [0.4, 0.5) is 5.69 Å². The van der Waals surface area contributed by atoms with Gasteiger partial charge < -0.3 is 5.32 Å². The molecule has 1 N–H and O–H groups in total. The van der Waals surface area contributed by atoms with E-state index in [4.69, 9.17) is 28.2 Å². The van der Waals surface area contributed by atoms with Gasteiger partial charge in [-0.25, -0.2) is 0 Å². The highest BCUT2D eigenvalue weighted by atomic mass is 79.9. The van der Waals surface area contributed by atoms with Crippen LogP contribution in [0.15, 0.2) is 45.9 Å². The Bertz CT molecular complexity index is 738. The Morgan fingerprint density at radius 2 is 1.91 bits per heavy atom. The van der Waals surface area contributed by atoms with E-state index in [1.807, 2.05) is 18.2 Å². The van der Waals surface area contributed by atoms with Gasteiger partial charge in [0.05, 0.1) is 5.69 Å². The van der Waals surface area contributed by atoms with E-state index in [1.165, 1.54) is 11.3 Å². The third-order valence-electron chi connectivity index (χ3n) is 3.83. The zero-order valence-corrected chi connectivity index (χ0v) is 15.8. The molecule has 0 radical (unpaired) electrons. The van der Waals surface area contributed by atoms with Crippen LogP contribution in [0.25, 0.3) is 0 Å². The number of nitrogens with zero attached hydrogens (tertiary/aromatic N) is 1. The number of rotatable bonds is 5. The molecule has 0 aliphatic carbocycles. The van der Waals surface area contributed by atoms with Crippen molar-refractivity contribution in [2.75, 3.05) is 0 Å². The Kier molecular flexibility index (Phi) is 5.42. The monoisotopic (exact) mass is 410 g/mol. The first-order valence-electron chi connectivity index (χ1n) is 7.53. The van der Waals surface area contributed by atoms with Crippen LogP contribution in [0.5, 0.6) is 0 Å². The van der Waals surface area contributed by atoms with Gasteiger partial charge in [-0.3, -0.25) is 4.99 Å². The van der Waals surface area contributed by atoms with Crippen molar-refractivity contribution < 1.29 is 0 Å². The Hall–Kier alpha value is -0.870. The molecule has 1 aliphatic heterocycles. The van der Waals surface area contributed by atoms with Crippen LogP contribution in [-0.4, -0.2) is 11.8 Å². The average molecular weight is 412 g/mol. The second-order valence-corrected chi connectivity index (χ2v) is 7.68. The van der Waals surface area contributed by atoms with Gasteiger partial charge in [-0.15, -0.1) is 0 Å². The quantitative estimate of drug-likeness (QED) is 0.645. The number of hydrogen-bond acceptors (Lipinski definition) is 2. The minimum atomic E-state index is 0.337. The van der Waals surface area contributed by atoms with Crippen LogP contribution in [0.3, 0.4) is 0 Å². The highest BCUT2D eigenvalue weighted by Crippen LogP contribution is 2.30. The predicted molar refractivity (Wildman–Crippen MR) is 102 cm³/mol. The number of aliphatic imine (C=N–C) groups is 1. The number of fused-ring (bicyclic) bond motifs is 1. The molecular formula is C18H17BrCl2N2. The maximum atomic E-state index is 6.03. The lowest BCUT2D eigenvalue weighted by Crippen LogP contribution is -2.28. The average Bonchev–Trinajstić information content (AvgIpc) is 2.85. The summed E-state index contributed by atoms with van der Waals surface area (Å²) < 4.78 is 1.11. The van der Waals surface area contributed by atoms with E-state index in [2.05, 4.69) is 40.3 Å². The van der Waals surface area contributed by atoms with Crippen molar-refractivity contribution in [3.05, 3.63) is 62.0 Å². The van der Waals surface area contributed by atoms with Crippen molar-refractivity contribution in [3.8, 4) is 0 Å². The zero-order valence-electron chi connectivity index (χ0n) is 12.7. The molecule has 5 heteroatoms. The van der Waals surface area contributed by atoms with Crippen molar-refractivity contribution in [1.82, 2.24) is 5.32 Å². The first-order valence-corrected chi connectivity index (χ1v) is 9.08. The lowest BCUT2D eigenvalue weighted by atomic mass is 10.1. The Morgan fingerprint density at radius 3 is 2.65 bits per heavy atom. The van der Waals surface area contributed by atoms with E-state index in [0.29, 0.717) is 16.1 Å². The van der Waals surface area contributed by atoms with Crippen molar-refractivity contribution >= 4 is 50.5 Å². The molecule has 1 unspecified atom stereocenters. The molecular weight excluding hydrogens is 395 g/mol. The van der Waals surface area contributed by atoms with E-state index in [-0.39, 0.29) is 0 Å². The molecule has 0 saturated carbocycles. The van der Waals surface area contributed by atoms with E-state index in [9.17, 15) is 0 Å². The highest BCUT2D eigenvalue weighted by Gasteiger charge is 2.16. The number of halogens is 3. The van der Waals surface area contributed by atoms with Gasteiger partial charge in [-0.05, 0) is 54.4 Å². The van der Waals surface area contributed by atoms with Gasteiger partial charge in [-0.2, -0.15) is 0 Å². The summed E-state index contributed by atoms with van der Waals surface area (Å²) in [7, 11) is 0. The molecule has 0 amide bonds. The molecule has 1 aliphatic rings. The fraction of sp³-hybridized carbons (Fsp3) is 0.278. The predicted octanol–water partition coefficient (Wildman–Crippen LogP) is 5.95. The molecule has 0 saturated heterocycles. The lowest BCUT2D eigenvalue weighted by molar-refractivity contribution is 0.562. The SMILES string of the molecule is CC(CC1=Nc2ccc(Br)cc2C1)NCc1cc(Cl)cc(Cl)c1. The summed E-state index contributed by atoms with van der Waals surface area (Å²) in [6, 6.07) is 12.2. The fourth-order valence-corrected chi connectivity index (χ4v) is 3.76. The minimum Gasteiger partial charge on any atom is -0.310 e. The Balaban J connectivity index is 1.55. The van der Waals surface area contributed by atoms with Gasteiger partial charge in [0.1, 0.15) is 0 Å². The second-order valence-electron chi connectivity index (χ2n) is 5.89. The van der Waals surface area contributed by atoms with Gasteiger partial charge in [0.2, 0.25) is 0 Å². The minimum absolute atomic E-state index is 0.337. The lowest BCUT2D eigenvalue weighted by Gasteiger charge is -2.14. The summed E-state index contributed by atoms with van der Waals surface area (Å²) in [6.45, 7) is 2.92. The third-order valence-corrected chi connectivity index (χ3v) is 4.76. The number of nitrogens with one attached hydrogen (secondary N) is 1. The molecule has 1 heterocycles. The van der Waals surface area contributed by atoms with Gasteiger partial charge in [0.25, 0.3) is 0 Å². The first kappa shape index (κ1) is 17.0. The summed E-state index contributed by atoms with van der Waals surface area (Å²) in [4.78, 5) is 4.73. The van der Waals surface area contributed by atoms with Crippen molar-refractivity contribution in [2.24, 2.45) is 4.99 Å². The van der Waals surface area contributed by atoms with Gasteiger partial charge in [0, 0.05) is 45.7 Å². The molecule has 0 aromatic heterocycles. The van der Waals surface area contributed by atoms with E-state index in [0.717, 1.165) is 35.1 Å². The summed E-state index contributed by atoms with van der Waals surface area (Å²) in [5, 5.41) is 4.85. The number of hydrogen-bond donors (Lipinski definition) is 1. The smallest absolute Gasteiger partial charge is 0.0665 e. The molecule has 120 valence electrons. The van der Waals surface area contributed by atoms with Gasteiger partial charge in [0.15, 0.2) is 0 Å². The van der Waals surface area contributed by atoms with Crippen molar-refractivity contribution in [3.63, 3.8) is 0 Å².